The summed E-state index contributed by atoms with van der Waals surface area (Å²) in [5.41, 5.74) is 3.23. The van der Waals surface area contributed by atoms with E-state index < -0.39 is 17.4 Å². The van der Waals surface area contributed by atoms with Crippen LogP contribution in [-0.2, 0) is 15.0 Å². The Hall–Kier alpha value is -2.76. The van der Waals surface area contributed by atoms with Crippen LogP contribution in [0.25, 0.3) is 21.9 Å². The molecule has 0 aromatic heterocycles. The number of esters is 2. The van der Waals surface area contributed by atoms with E-state index >= 15 is 0 Å². The fourth-order valence-electron chi connectivity index (χ4n) is 4.28. The molecule has 160 valence electrons. The van der Waals surface area contributed by atoms with E-state index in [1.807, 2.05) is 12.1 Å². The van der Waals surface area contributed by atoms with Crippen LogP contribution in [0.4, 0.5) is 0 Å². The minimum Gasteiger partial charge on any atom is -0.493 e. The summed E-state index contributed by atoms with van der Waals surface area (Å²) < 4.78 is 16.4. The lowest BCUT2D eigenvalue weighted by molar-refractivity contribution is -0.132. The highest BCUT2D eigenvalue weighted by molar-refractivity contribution is 6.40. The second-order valence-corrected chi connectivity index (χ2v) is 8.81. The molecule has 0 N–H and O–H groups in total. The van der Waals surface area contributed by atoms with Crippen molar-refractivity contribution in [3.8, 4) is 28.4 Å². The van der Waals surface area contributed by atoms with E-state index in [9.17, 15) is 9.59 Å². The topological polar surface area (TPSA) is 61.8 Å². The minimum atomic E-state index is -0.454. The van der Waals surface area contributed by atoms with Crippen LogP contribution >= 0.6 is 23.2 Å². The maximum Gasteiger partial charge on any atom is 0.308 e. The maximum atomic E-state index is 11.8. The van der Waals surface area contributed by atoms with Crippen LogP contribution in [0.15, 0.2) is 30.3 Å². The third kappa shape index (κ3) is 3.42. The first-order chi connectivity index (χ1) is 14.5. The van der Waals surface area contributed by atoms with E-state index in [0.717, 1.165) is 27.6 Å². The highest BCUT2D eigenvalue weighted by Gasteiger charge is 2.39. The Balaban J connectivity index is 2.14. The summed E-state index contributed by atoms with van der Waals surface area (Å²) >= 11 is 12.9. The van der Waals surface area contributed by atoms with Crippen molar-refractivity contribution >= 4 is 45.9 Å². The van der Waals surface area contributed by atoms with Crippen molar-refractivity contribution in [2.24, 2.45) is 0 Å². The van der Waals surface area contributed by atoms with Gasteiger partial charge in [-0.3, -0.25) is 9.59 Å². The van der Waals surface area contributed by atoms with E-state index in [1.165, 1.54) is 21.0 Å². The molecular formula is C24H20Cl2O5. The van der Waals surface area contributed by atoms with Gasteiger partial charge in [0.1, 0.15) is 5.75 Å². The van der Waals surface area contributed by atoms with E-state index in [0.29, 0.717) is 32.7 Å². The first-order valence-corrected chi connectivity index (χ1v) is 10.4. The summed E-state index contributed by atoms with van der Waals surface area (Å²) in [5.74, 6) is 0.255. The van der Waals surface area contributed by atoms with Crippen LogP contribution in [0.1, 0.15) is 38.8 Å². The van der Waals surface area contributed by atoms with Gasteiger partial charge in [-0.15, -0.1) is 0 Å². The number of hydrogen-bond acceptors (Lipinski definition) is 5. The van der Waals surface area contributed by atoms with Gasteiger partial charge in [0.25, 0.3) is 0 Å². The Morgan fingerprint density at radius 3 is 2.06 bits per heavy atom. The molecule has 0 fully saturated rings. The average molecular weight is 459 g/mol. The van der Waals surface area contributed by atoms with Gasteiger partial charge in [0, 0.05) is 29.7 Å². The molecule has 3 aromatic rings. The number of halogens is 2. The van der Waals surface area contributed by atoms with Gasteiger partial charge in [0.05, 0.1) is 12.1 Å². The molecule has 0 radical (unpaired) electrons. The summed E-state index contributed by atoms with van der Waals surface area (Å²) in [6, 6.07) is 8.93. The number of carbonyl (C=O) groups excluding carboxylic acids is 2. The molecule has 31 heavy (non-hydrogen) atoms. The van der Waals surface area contributed by atoms with Crippen LogP contribution in [0.3, 0.4) is 0 Å². The first kappa shape index (κ1) is 21.5. The second kappa shape index (κ2) is 7.43. The molecule has 7 heteroatoms. The van der Waals surface area contributed by atoms with E-state index in [4.69, 9.17) is 37.4 Å². The second-order valence-electron chi connectivity index (χ2n) is 7.97. The molecule has 3 aromatic carbocycles. The van der Waals surface area contributed by atoms with Crippen molar-refractivity contribution in [2.45, 2.75) is 33.1 Å². The molecule has 0 spiro atoms. The predicted molar refractivity (Wildman–Crippen MR) is 121 cm³/mol. The molecule has 5 nitrogen and oxygen atoms in total. The SMILES string of the molecule is COc1cc2c(cc1OC(C)=O)-c1c(cc(OC(C)=O)c3c(Cl)cc(Cl)cc13)C2(C)C. The van der Waals surface area contributed by atoms with Gasteiger partial charge in [-0.25, -0.2) is 0 Å². The van der Waals surface area contributed by atoms with Crippen LogP contribution in [0.2, 0.25) is 10.0 Å². The van der Waals surface area contributed by atoms with Crippen molar-refractivity contribution in [1.82, 2.24) is 0 Å². The lowest BCUT2D eigenvalue weighted by Gasteiger charge is -2.23. The summed E-state index contributed by atoms with van der Waals surface area (Å²) in [4.78, 5) is 23.4. The van der Waals surface area contributed by atoms with Gasteiger partial charge in [-0.05, 0) is 58.0 Å². The molecule has 1 aliphatic carbocycles. The fraction of sp³-hybridized carbons (Fsp3) is 0.250. The van der Waals surface area contributed by atoms with Gasteiger partial charge in [0.15, 0.2) is 11.5 Å². The van der Waals surface area contributed by atoms with Gasteiger partial charge in [-0.2, -0.15) is 0 Å². The van der Waals surface area contributed by atoms with Crippen molar-refractivity contribution in [3.63, 3.8) is 0 Å². The van der Waals surface area contributed by atoms with E-state index in [-0.39, 0.29) is 0 Å². The van der Waals surface area contributed by atoms with Gasteiger partial charge in [-0.1, -0.05) is 37.0 Å². The van der Waals surface area contributed by atoms with Crippen molar-refractivity contribution in [3.05, 3.63) is 51.5 Å². The molecular weight excluding hydrogens is 439 g/mol. The fourth-order valence-corrected chi connectivity index (χ4v) is 4.87. The number of methoxy groups -OCH3 is 1. The van der Waals surface area contributed by atoms with Gasteiger partial charge < -0.3 is 14.2 Å². The number of benzene rings is 3. The quantitative estimate of drug-likeness (QED) is 0.339. The lowest BCUT2D eigenvalue weighted by atomic mass is 9.81. The minimum absolute atomic E-state index is 0.322. The maximum absolute atomic E-state index is 11.8. The third-order valence-electron chi connectivity index (χ3n) is 5.54. The Morgan fingerprint density at radius 2 is 1.45 bits per heavy atom. The van der Waals surface area contributed by atoms with E-state index in [2.05, 4.69) is 13.8 Å². The molecule has 1 aliphatic rings. The van der Waals surface area contributed by atoms with Crippen LogP contribution < -0.4 is 14.2 Å². The number of rotatable bonds is 3. The summed E-state index contributed by atoms with van der Waals surface area (Å²) in [5, 5.41) is 2.17. The van der Waals surface area contributed by atoms with Crippen LogP contribution in [0, 0.1) is 0 Å². The molecule has 0 saturated carbocycles. The third-order valence-corrected chi connectivity index (χ3v) is 6.06. The largest absolute Gasteiger partial charge is 0.493 e. The molecule has 0 unspecified atom stereocenters. The standard InChI is InChI=1S/C24H20Cl2O5/c1-11(27)30-20-8-14-16(9-19(20)29-5)24(3,4)17-10-21(31-12(2)28)23-15(22(14)17)6-13(25)7-18(23)26/h6-10H,1-5H3. The van der Waals surface area contributed by atoms with Crippen LogP contribution in [0.5, 0.6) is 17.2 Å². The number of fused-ring (bicyclic) bond motifs is 5. The zero-order valence-corrected chi connectivity index (χ0v) is 19.2. The molecule has 0 bridgehead atoms. The molecule has 0 aliphatic heterocycles. The lowest BCUT2D eigenvalue weighted by Crippen LogP contribution is -2.16. The zero-order valence-electron chi connectivity index (χ0n) is 17.7. The monoisotopic (exact) mass is 458 g/mol. The summed E-state index contributed by atoms with van der Waals surface area (Å²) in [6.07, 6.45) is 0. The van der Waals surface area contributed by atoms with Crippen LogP contribution in [-0.4, -0.2) is 19.0 Å². The summed E-state index contributed by atoms with van der Waals surface area (Å²) in [6.45, 7) is 6.82. The molecule has 0 heterocycles. The first-order valence-electron chi connectivity index (χ1n) is 9.60. The van der Waals surface area contributed by atoms with Crippen molar-refractivity contribution < 1.29 is 23.8 Å². The van der Waals surface area contributed by atoms with E-state index in [1.54, 1.807) is 18.2 Å². The Labute approximate surface area is 189 Å². The van der Waals surface area contributed by atoms with Crippen molar-refractivity contribution in [1.29, 1.82) is 0 Å². The predicted octanol–water partition coefficient (Wildman–Crippen LogP) is 6.31. The highest BCUT2D eigenvalue weighted by Crippen LogP contribution is 2.56. The zero-order chi connectivity index (χ0) is 22.7. The van der Waals surface area contributed by atoms with Crippen molar-refractivity contribution in [2.75, 3.05) is 7.11 Å². The highest BCUT2D eigenvalue weighted by atomic mass is 35.5. The number of hydrogen-bond donors (Lipinski definition) is 0. The average Bonchev–Trinajstić information content (AvgIpc) is 2.86. The molecule has 4 rings (SSSR count). The number of ether oxygens (including phenoxy) is 3. The van der Waals surface area contributed by atoms with Gasteiger partial charge >= 0.3 is 11.9 Å². The molecule has 0 saturated heterocycles. The Kier molecular flexibility index (Phi) is 5.15. The van der Waals surface area contributed by atoms with Gasteiger partial charge in [0.2, 0.25) is 0 Å². The Bertz CT molecular complexity index is 1280. The molecule has 0 amide bonds. The normalized spacial score (nSPS) is 13.5. The summed E-state index contributed by atoms with van der Waals surface area (Å²) in [7, 11) is 1.53. The number of carbonyl (C=O) groups is 2. The molecule has 0 atom stereocenters. The smallest absolute Gasteiger partial charge is 0.308 e. The Morgan fingerprint density at radius 1 is 0.839 bits per heavy atom.